The molecule has 2 atom stereocenters. The summed E-state index contributed by atoms with van der Waals surface area (Å²) in [4.78, 5) is 0. The Morgan fingerprint density at radius 3 is 2.22 bits per heavy atom. The number of rotatable bonds is 8. The first-order valence-electron chi connectivity index (χ1n) is 8.05. The largest absolute Gasteiger partial charge is 0.377 e. The Morgan fingerprint density at radius 1 is 1.11 bits per heavy atom. The summed E-state index contributed by atoms with van der Waals surface area (Å²) in [5, 5.41) is 3.55. The molecule has 0 saturated heterocycles. The van der Waals surface area contributed by atoms with Gasteiger partial charge in [0.1, 0.15) is 0 Å². The van der Waals surface area contributed by atoms with E-state index in [0.717, 1.165) is 18.4 Å². The summed E-state index contributed by atoms with van der Waals surface area (Å²) in [6.45, 7) is 7.55. The van der Waals surface area contributed by atoms with Crippen molar-refractivity contribution < 1.29 is 4.74 Å². The first kappa shape index (κ1) is 16.0. The highest BCUT2D eigenvalue weighted by atomic mass is 16.5. The molecule has 0 bridgehead atoms. The molecule has 1 saturated carbocycles. The van der Waals surface area contributed by atoms with E-state index in [-0.39, 0.29) is 0 Å². The van der Waals surface area contributed by atoms with Gasteiger partial charge in [-0.3, -0.25) is 0 Å². The van der Waals surface area contributed by atoms with Crippen LogP contribution in [0, 0.1) is 11.8 Å². The van der Waals surface area contributed by atoms with Crippen LogP contribution < -0.4 is 5.32 Å². The third-order valence-corrected chi connectivity index (χ3v) is 4.66. The van der Waals surface area contributed by atoms with E-state index in [1.54, 1.807) is 0 Å². The Kier molecular flexibility index (Phi) is 7.92. The van der Waals surface area contributed by atoms with Crippen LogP contribution in [0.4, 0.5) is 0 Å². The first-order valence-corrected chi connectivity index (χ1v) is 8.05. The molecule has 2 unspecified atom stereocenters. The van der Waals surface area contributed by atoms with Crippen molar-refractivity contribution in [1.29, 1.82) is 0 Å². The summed E-state index contributed by atoms with van der Waals surface area (Å²) in [5.41, 5.74) is 0. The lowest BCUT2D eigenvalue weighted by atomic mass is 9.76. The summed E-state index contributed by atoms with van der Waals surface area (Å²) in [7, 11) is 2.11. The van der Waals surface area contributed by atoms with Crippen molar-refractivity contribution in [1.82, 2.24) is 5.32 Å². The van der Waals surface area contributed by atoms with Crippen molar-refractivity contribution >= 4 is 0 Å². The van der Waals surface area contributed by atoms with Crippen LogP contribution in [-0.4, -0.2) is 25.8 Å². The van der Waals surface area contributed by atoms with Crippen LogP contribution in [0.15, 0.2) is 0 Å². The zero-order valence-electron chi connectivity index (χ0n) is 12.9. The quantitative estimate of drug-likeness (QED) is 0.708. The molecule has 1 fully saturated rings. The van der Waals surface area contributed by atoms with Gasteiger partial charge in [0.15, 0.2) is 0 Å². The zero-order valence-corrected chi connectivity index (χ0v) is 12.9. The highest BCUT2D eigenvalue weighted by Crippen LogP contribution is 2.34. The second-order valence-corrected chi connectivity index (χ2v) is 5.79. The Hall–Kier alpha value is -0.0800. The highest BCUT2D eigenvalue weighted by molar-refractivity contribution is 4.86. The molecule has 108 valence electrons. The molecule has 0 aliphatic heterocycles. The van der Waals surface area contributed by atoms with E-state index in [2.05, 4.69) is 33.1 Å². The molecule has 18 heavy (non-hydrogen) atoms. The van der Waals surface area contributed by atoms with E-state index in [1.165, 1.54) is 44.9 Å². The molecule has 0 aromatic rings. The molecule has 1 aliphatic carbocycles. The van der Waals surface area contributed by atoms with Gasteiger partial charge in [-0.15, -0.1) is 0 Å². The highest BCUT2D eigenvalue weighted by Gasteiger charge is 2.31. The smallest absolute Gasteiger partial charge is 0.0730 e. The van der Waals surface area contributed by atoms with Crippen LogP contribution in [0.25, 0.3) is 0 Å². The summed E-state index contributed by atoms with van der Waals surface area (Å²) in [5.74, 6) is 1.80. The van der Waals surface area contributed by atoms with Crippen LogP contribution in [0.3, 0.4) is 0 Å². The Balaban J connectivity index is 2.52. The Bertz CT molecular complexity index is 193. The van der Waals surface area contributed by atoms with Crippen molar-refractivity contribution in [2.75, 3.05) is 13.7 Å². The monoisotopic (exact) mass is 255 g/mol. The van der Waals surface area contributed by atoms with Gasteiger partial charge < -0.3 is 10.1 Å². The Morgan fingerprint density at radius 2 is 1.78 bits per heavy atom. The molecule has 0 amide bonds. The van der Waals surface area contributed by atoms with Crippen molar-refractivity contribution in [2.45, 2.75) is 77.9 Å². The van der Waals surface area contributed by atoms with Gasteiger partial charge in [0, 0.05) is 12.6 Å². The SMILES string of the molecule is CCCC(OCC)C(NC)C1CCC(CC)CC1. The molecule has 1 N–H and O–H groups in total. The van der Waals surface area contributed by atoms with E-state index < -0.39 is 0 Å². The van der Waals surface area contributed by atoms with Crippen LogP contribution >= 0.6 is 0 Å². The predicted molar refractivity (Wildman–Crippen MR) is 78.9 cm³/mol. The Labute approximate surface area is 114 Å². The average Bonchev–Trinajstić information content (AvgIpc) is 2.41. The second-order valence-electron chi connectivity index (χ2n) is 5.79. The van der Waals surface area contributed by atoms with Crippen LogP contribution in [0.2, 0.25) is 0 Å². The minimum atomic E-state index is 0.410. The number of nitrogens with one attached hydrogen (secondary N) is 1. The maximum Gasteiger partial charge on any atom is 0.0730 e. The number of ether oxygens (including phenoxy) is 1. The molecule has 0 spiro atoms. The third-order valence-electron chi connectivity index (χ3n) is 4.66. The fraction of sp³-hybridized carbons (Fsp3) is 1.00. The number of hydrogen-bond acceptors (Lipinski definition) is 2. The van der Waals surface area contributed by atoms with Gasteiger partial charge in [-0.1, -0.05) is 39.5 Å². The van der Waals surface area contributed by atoms with Crippen molar-refractivity contribution in [3.05, 3.63) is 0 Å². The molecule has 2 heteroatoms. The van der Waals surface area contributed by atoms with Gasteiger partial charge in [-0.25, -0.2) is 0 Å². The molecular formula is C16H33NO. The standard InChI is InChI=1S/C16H33NO/c1-5-8-15(18-7-3)16(17-4)14-11-9-13(6-2)10-12-14/h13-17H,5-12H2,1-4H3. The minimum Gasteiger partial charge on any atom is -0.377 e. The molecule has 0 aromatic carbocycles. The van der Waals surface area contributed by atoms with Crippen molar-refractivity contribution in [2.24, 2.45) is 11.8 Å². The molecule has 0 aromatic heterocycles. The van der Waals surface area contributed by atoms with E-state index >= 15 is 0 Å². The topological polar surface area (TPSA) is 21.3 Å². The van der Waals surface area contributed by atoms with Gasteiger partial charge in [-0.05, 0) is 45.1 Å². The first-order chi connectivity index (χ1) is 8.76. The van der Waals surface area contributed by atoms with Gasteiger partial charge in [0.2, 0.25) is 0 Å². The molecular weight excluding hydrogens is 222 g/mol. The summed E-state index contributed by atoms with van der Waals surface area (Å²) in [6, 6.07) is 0.558. The summed E-state index contributed by atoms with van der Waals surface area (Å²) >= 11 is 0. The second kappa shape index (κ2) is 8.92. The lowest BCUT2D eigenvalue weighted by Crippen LogP contribution is -2.46. The van der Waals surface area contributed by atoms with Gasteiger partial charge >= 0.3 is 0 Å². The fourth-order valence-electron chi connectivity index (χ4n) is 3.55. The molecule has 2 nitrogen and oxygen atoms in total. The number of hydrogen-bond donors (Lipinski definition) is 1. The predicted octanol–water partition coefficient (Wildman–Crippen LogP) is 4.00. The summed E-state index contributed by atoms with van der Waals surface area (Å²) < 4.78 is 5.98. The van der Waals surface area contributed by atoms with E-state index in [4.69, 9.17) is 4.74 Å². The van der Waals surface area contributed by atoms with Gasteiger partial charge in [-0.2, -0.15) is 0 Å². The molecule has 0 radical (unpaired) electrons. The van der Waals surface area contributed by atoms with E-state index in [9.17, 15) is 0 Å². The average molecular weight is 255 g/mol. The maximum absolute atomic E-state index is 5.98. The third kappa shape index (κ3) is 4.55. The zero-order chi connectivity index (χ0) is 13.4. The van der Waals surface area contributed by atoms with Crippen LogP contribution in [0.1, 0.15) is 65.7 Å². The van der Waals surface area contributed by atoms with E-state index in [0.29, 0.717) is 12.1 Å². The van der Waals surface area contributed by atoms with Gasteiger partial charge in [0.05, 0.1) is 6.10 Å². The minimum absolute atomic E-state index is 0.410. The molecule has 1 rings (SSSR count). The number of likely N-dealkylation sites (N-methyl/N-ethyl adjacent to an activating group) is 1. The summed E-state index contributed by atoms with van der Waals surface area (Å²) in [6.07, 6.45) is 9.79. The van der Waals surface area contributed by atoms with Gasteiger partial charge in [0.25, 0.3) is 0 Å². The molecule has 0 heterocycles. The van der Waals surface area contributed by atoms with Crippen molar-refractivity contribution in [3.8, 4) is 0 Å². The van der Waals surface area contributed by atoms with Crippen molar-refractivity contribution in [3.63, 3.8) is 0 Å². The van der Waals surface area contributed by atoms with E-state index in [1.807, 2.05) is 0 Å². The molecule has 1 aliphatic rings. The fourth-order valence-corrected chi connectivity index (χ4v) is 3.55. The lowest BCUT2D eigenvalue weighted by Gasteiger charge is -2.37. The van der Waals surface area contributed by atoms with Crippen LogP contribution in [-0.2, 0) is 4.74 Å². The normalized spacial score (nSPS) is 28.0. The maximum atomic E-state index is 5.98. The van der Waals surface area contributed by atoms with Crippen LogP contribution in [0.5, 0.6) is 0 Å². The lowest BCUT2D eigenvalue weighted by molar-refractivity contribution is 0.00561.